The lowest BCUT2D eigenvalue weighted by Gasteiger charge is -2.31. The van der Waals surface area contributed by atoms with E-state index in [0.29, 0.717) is 42.6 Å². The van der Waals surface area contributed by atoms with Crippen molar-refractivity contribution in [2.75, 3.05) is 13.1 Å². The van der Waals surface area contributed by atoms with Crippen LogP contribution in [0.2, 0.25) is 0 Å². The van der Waals surface area contributed by atoms with Crippen LogP contribution in [0.15, 0.2) is 58.2 Å². The number of amides is 1. The molecule has 7 nitrogen and oxygen atoms in total. The highest BCUT2D eigenvalue weighted by Gasteiger charge is 2.28. The predicted octanol–water partition coefficient (Wildman–Crippen LogP) is 2.72. The second kappa shape index (κ2) is 7.37. The van der Waals surface area contributed by atoms with E-state index in [9.17, 15) is 13.2 Å². The van der Waals surface area contributed by atoms with Gasteiger partial charge in [0.1, 0.15) is 0 Å². The van der Waals surface area contributed by atoms with Crippen LogP contribution in [0, 0.1) is 6.92 Å². The van der Waals surface area contributed by atoms with E-state index >= 15 is 0 Å². The van der Waals surface area contributed by atoms with Crippen molar-refractivity contribution in [1.82, 2.24) is 14.6 Å². The summed E-state index contributed by atoms with van der Waals surface area (Å²) < 4.78 is 33.9. The van der Waals surface area contributed by atoms with Crippen molar-refractivity contribution in [3.05, 3.63) is 60.2 Å². The van der Waals surface area contributed by atoms with Gasteiger partial charge in [-0.15, -0.1) is 0 Å². The van der Waals surface area contributed by atoms with Crippen LogP contribution in [0.1, 0.15) is 29.0 Å². The molecule has 0 radical (unpaired) electrons. The first-order valence-electron chi connectivity index (χ1n) is 9.15. The third-order valence-electron chi connectivity index (χ3n) is 5.06. The molecule has 3 aromatic rings. The van der Waals surface area contributed by atoms with Crippen molar-refractivity contribution in [2.45, 2.75) is 30.7 Å². The van der Waals surface area contributed by atoms with Crippen molar-refractivity contribution in [3.8, 4) is 0 Å². The van der Waals surface area contributed by atoms with E-state index in [-0.39, 0.29) is 16.8 Å². The molecule has 1 aliphatic rings. The van der Waals surface area contributed by atoms with Crippen molar-refractivity contribution >= 4 is 26.8 Å². The van der Waals surface area contributed by atoms with Gasteiger partial charge in [0.15, 0.2) is 5.76 Å². The molecule has 0 spiro atoms. The van der Waals surface area contributed by atoms with Gasteiger partial charge in [-0.1, -0.05) is 6.07 Å². The fourth-order valence-electron chi connectivity index (χ4n) is 3.56. The predicted molar refractivity (Wildman–Crippen MR) is 104 cm³/mol. The Bertz CT molecular complexity index is 1100. The zero-order valence-electron chi connectivity index (χ0n) is 15.5. The minimum absolute atomic E-state index is 0.165. The molecule has 1 fully saturated rings. The molecule has 1 amide bonds. The third kappa shape index (κ3) is 3.53. The number of furan rings is 1. The molecule has 0 bridgehead atoms. The molecule has 2 aromatic heterocycles. The molecule has 28 heavy (non-hydrogen) atoms. The number of carbonyl (C=O) groups is 1. The number of aromatic nitrogens is 1. The first-order valence-corrected chi connectivity index (χ1v) is 10.6. The number of hydrogen-bond acceptors (Lipinski definition) is 5. The van der Waals surface area contributed by atoms with E-state index in [1.807, 2.05) is 6.92 Å². The van der Waals surface area contributed by atoms with Crippen LogP contribution < -0.4 is 4.72 Å². The second-order valence-corrected chi connectivity index (χ2v) is 8.63. The Morgan fingerprint density at radius 3 is 2.68 bits per heavy atom. The summed E-state index contributed by atoms with van der Waals surface area (Å²) in [6.07, 6.45) is 4.22. The first-order chi connectivity index (χ1) is 13.5. The molecule has 1 saturated heterocycles. The molecule has 146 valence electrons. The second-order valence-electron chi connectivity index (χ2n) is 6.95. The molecule has 4 rings (SSSR count). The number of pyridine rings is 1. The molecule has 3 heterocycles. The fraction of sp³-hybridized carbons (Fsp3) is 0.300. The molecule has 8 heteroatoms. The average Bonchev–Trinajstić information content (AvgIpc) is 3.23. The maximum Gasteiger partial charge on any atom is 0.289 e. The van der Waals surface area contributed by atoms with Gasteiger partial charge in [0.2, 0.25) is 10.0 Å². The number of rotatable bonds is 4. The molecular weight excluding hydrogens is 378 g/mol. The number of fused-ring (bicyclic) bond motifs is 1. The summed E-state index contributed by atoms with van der Waals surface area (Å²) in [6.45, 7) is 2.86. The Morgan fingerprint density at radius 1 is 1.18 bits per heavy atom. The van der Waals surface area contributed by atoms with E-state index in [1.54, 1.807) is 47.5 Å². The van der Waals surface area contributed by atoms with Gasteiger partial charge in [-0.2, -0.15) is 0 Å². The van der Waals surface area contributed by atoms with Gasteiger partial charge in [0.25, 0.3) is 5.91 Å². The van der Waals surface area contributed by atoms with Crippen LogP contribution in [-0.4, -0.2) is 43.3 Å². The smallest absolute Gasteiger partial charge is 0.289 e. The van der Waals surface area contributed by atoms with Crippen LogP contribution in [-0.2, 0) is 10.0 Å². The summed E-state index contributed by atoms with van der Waals surface area (Å²) in [5, 5.41) is 0.612. The third-order valence-corrected chi connectivity index (χ3v) is 6.64. The summed E-state index contributed by atoms with van der Waals surface area (Å²) >= 11 is 0. The quantitative estimate of drug-likeness (QED) is 0.728. The molecule has 0 aliphatic carbocycles. The van der Waals surface area contributed by atoms with Crippen LogP contribution >= 0.6 is 0 Å². The molecule has 0 unspecified atom stereocenters. The summed E-state index contributed by atoms with van der Waals surface area (Å²) in [7, 11) is -3.70. The van der Waals surface area contributed by atoms with E-state index in [2.05, 4.69) is 9.71 Å². The van der Waals surface area contributed by atoms with Gasteiger partial charge >= 0.3 is 0 Å². The maximum atomic E-state index is 13.0. The van der Waals surface area contributed by atoms with E-state index in [1.165, 1.54) is 6.26 Å². The van der Waals surface area contributed by atoms with E-state index in [0.717, 1.165) is 5.56 Å². The number of hydrogen-bond donors (Lipinski definition) is 1. The Morgan fingerprint density at radius 2 is 1.96 bits per heavy atom. The minimum Gasteiger partial charge on any atom is -0.459 e. The molecule has 1 N–H and O–H groups in total. The van der Waals surface area contributed by atoms with Gasteiger partial charge in [-0.05, 0) is 55.7 Å². The van der Waals surface area contributed by atoms with Gasteiger partial charge < -0.3 is 9.32 Å². The standard InChI is InChI=1S/C20H21N3O4S/c1-14-6-7-18(16-4-2-10-21-19(14)16)28(25,26)22-15-8-11-23(12-9-15)20(24)17-5-3-13-27-17/h2-7,10,13,15,22H,8-9,11-12H2,1H3. The number of piperidine rings is 1. The Kier molecular flexibility index (Phi) is 4.91. The van der Waals surface area contributed by atoms with Crippen molar-refractivity contribution in [2.24, 2.45) is 0 Å². The van der Waals surface area contributed by atoms with Crippen LogP contribution in [0.3, 0.4) is 0 Å². The summed E-state index contributed by atoms with van der Waals surface area (Å²) in [4.78, 5) is 18.6. The first kappa shape index (κ1) is 18.6. The minimum atomic E-state index is -3.70. The SMILES string of the molecule is Cc1ccc(S(=O)(=O)NC2CCN(C(=O)c3ccco3)CC2)c2cccnc12. The number of sulfonamides is 1. The highest BCUT2D eigenvalue weighted by atomic mass is 32.2. The lowest BCUT2D eigenvalue weighted by molar-refractivity contribution is 0.0679. The maximum absolute atomic E-state index is 13.0. The van der Waals surface area contributed by atoms with Crippen molar-refractivity contribution < 1.29 is 17.6 Å². The number of aryl methyl sites for hydroxylation is 1. The summed E-state index contributed by atoms with van der Waals surface area (Å²) in [5.74, 6) is 0.138. The number of likely N-dealkylation sites (tertiary alicyclic amines) is 1. The highest BCUT2D eigenvalue weighted by Crippen LogP contribution is 2.25. The topological polar surface area (TPSA) is 92.5 Å². The van der Waals surface area contributed by atoms with Crippen LogP contribution in [0.5, 0.6) is 0 Å². The summed E-state index contributed by atoms with van der Waals surface area (Å²) in [5.41, 5.74) is 1.61. The number of carbonyl (C=O) groups excluding carboxylic acids is 1. The molecular formula is C20H21N3O4S. The van der Waals surface area contributed by atoms with Gasteiger partial charge in [0.05, 0.1) is 16.7 Å². The largest absolute Gasteiger partial charge is 0.459 e. The van der Waals surface area contributed by atoms with Gasteiger partial charge in [0, 0.05) is 30.7 Å². The Balaban J connectivity index is 1.48. The molecule has 0 saturated carbocycles. The normalized spacial score (nSPS) is 15.8. The lowest BCUT2D eigenvalue weighted by atomic mass is 10.1. The van der Waals surface area contributed by atoms with Crippen LogP contribution in [0.4, 0.5) is 0 Å². The van der Waals surface area contributed by atoms with Crippen molar-refractivity contribution in [3.63, 3.8) is 0 Å². The number of nitrogens with one attached hydrogen (secondary N) is 1. The average molecular weight is 399 g/mol. The van der Waals surface area contributed by atoms with Gasteiger partial charge in [-0.3, -0.25) is 9.78 Å². The molecule has 1 aromatic carbocycles. The van der Waals surface area contributed by atoms with E-state index < -0.39 is 10.0 Å². The fourth-order valence-corrected chi connectivity index (χ4v) is 5.06. The monoisotopic (exact) mass is 399 g/mol. The zero-order chi connectivity index (χ0) is 19.7. The zero-order valence-corrected chi connectivity index (χ0v) is 16.3. The lowest BCUT2D eigenvalue weighted by Crippen LogP contribution is -2.46. The van der Waals surface area contributed by atoms with E-state index in [4.69, 9.17) is 4.42 Å². The Labute approximate surface area is 163 Å². The summed E-state index contributed by atoms with van der Waals surface area (Å²) in [6, 6.07) is 9.99. The van der Waals surface area contributed by atoms with Gasteiger partial charge in [-0.25, -0.2) is 13.1 Å². The molecule has 1 aliphatic heterocycles. The number of benzene rings is 1. The number of nitrogens with zero attached hydrogens (tertiary/aromatic N) is 2. The Hall–Kier alpha value is -2.71. The molecule has 0 atom stereocenters. The van der Waals surface area contributed by atoms with Crippen molar-refractivity contribution in [1.29, 1.82) is 0 Å². The van der Waals surface area contributed by atoms with Crippen LogP contribution in [0.25, 0.3) is 10.9 Å². The highest BCUT2D eigenvalue weighted by molar-refractivity contribution is 7.89.